The van der Waals surface area contributed by atoms with Crippen LogP contribution in [0.25, 0.3) is 0 Å². The number of rotatable bonds is 5. The Kier molecular flexibility index (Phi) is 4.14. The van der Waals surface area contributed by atoms with E-state index in [0.29, 0.717) is 12.2 Å². The van der Waals surface area contributed by atoms with Gasteiger partial charge in [-0.3, -0.25) is 13.2 Å². The minimum atomic E-state index is -2.27. The molecule has 7 heteroatoms. The van der Waals surface area contributed by atoms with Gasteiger partial charge in [0.25, 0.3) is 0 Å². The van der Waals surface area contributed by atoms with Gasteiger partial charge in [-0.2, -0.15) is 5.10 Å². The number of anilines is 1. The van der Waals surface area contributed by atoms with Crippen LogP contribution in [0.15, 0.2) is 12.4 Å². The Hall–Kier alpha value is -0.920. The Morgan fingerprint density at radius 1 is 1.76 bits per heavy atom. The Balaban J connectivity index is 1.95. The highest BCUT2D eigenvalue weighted by atomic mass is 32.2. The van der Waals surface area contributed by atoms with Gasteiger partial charge in [-0.15, -0.1) is 0 Å². The number of ether oxygens (including phenoxy) is 1. The SMILES string of the molecule is Cn1cc(N(CCC2CCCO2)S(=O)[O-])cn1. The van der Waals surface area contributed by atoms with Gasteiger partial charge in [0, 0.05) is 37.7 Å². The Morgan fingerprint density at radius 3 is 3.12 bits per heavy atom. The smallest absolute Gasteiger partial charge is 0.0862 e. The number of hydrogen-bond acceptors (Lipinski definition) is 4. The molecular weight excluding hydrogens is 242 g/mol. The van der Waals surface area contributed by atoms with Gasteiger partial charge in [0.2, 0.25) is 0 Å². The first-order chi connectivity index (χ1) is 8.16. The lowest BCUT2D eigenvalue weighted by Crippen LogP contribution is -2.28. The predicted octanol–water partition coefficient (Wildman–Crippen LogP) is 0.590. The molecule has 2 heterocycles. The number of hydrogen-bond donors (Lipinski definition) is 0. The zero-order valence-electron chi connectivity index (χ0n) is 9.74. The van der Waals surface area contributed by atoms with Crippen molar-refractivity contribution in [2.75, 3.05) is 17.5 Å². The predicted molar refractivity (Wildman–Crippen MR) is 63.1 cm³/mol. The van der Waals surface area contributed by atoms with Crippen LogP contribution in [0.1, 0.15) is 19.3 Å². The van der Waals surface area contributed by atoms with Crippen LogP contribution in [0.5, 0.6) is 0 Å². The van der Waals surface area contributed by atoms with Gasteiger partial charge in [0.05, 0.1) is 18.0 Å². The highest BCUT2D eigenvalue weighted by Crippen LogP contribution is 2.19. The van der Waals surface area contributed by atoms with Crippen LogP contribution in [0.2, 0.25) is 0 Å². The molecule has 1 aromatic rings. The van der Waals surface area contributed by atoms with Crippen LogP contribution in [0.3, 0.4) is 0 Å². The van der Waals surface area contributed by atoms with Gasteiger partial charge in [0.1, 0.15) is 0 Å². The molecule has 0 saturated carbocycles. The second kappa shape index (κ2) is 5.61. The van der Waals surface area contributed by atoms with Gasteiger partial charge in [-0.05, 0) is 19.3 Å². The average Bonchev–Trinajstić information content (AvgIpc) is 2.90. The van der Waals surface area contributed by atoms with Gasteiger partial charge in [-0.1, -0.05) is 0 Å². The largest absolute Gasteiger partial charge is 0.755 e. The molecule has 0 spiro atoms. The fourth-order valence-corrected chi connectivity index (χ4v) is 2.48. The van der Waals surface area contributed by atoms with Crippen LogP contribution in [-0.2, 0) is 23.1 Å². The van der Waals surface area contributed by atoms with Crippen molar-refractivity contribution in [3.05, 3.63) is 12.4 Å². The lowest BCUT2D eigenvalue weighted by atomic mass is 10.2. The zero-order valence-corrected chi connectivity index (χ0v) is 10.6. The van der Waals surface area contributed by atoms with Crippen LogP contribution in [0, 0.1) is 0 Å². The molecule has 17 heavy (non-hydrogen) atoms. The van der Waals surface area contributed by atoms with Crippen LogP contribution < -0.4 is 4.31 Å². The fourth-order valence-electron chi connectivity index (χ4n) is 1.96. The number of aromatic nitrogens is 2. The quantitative estimate of drug-likeness (QED) is 0.725. The maximum absolute atomic E-state index is 11.2. The van der Waals surface area contributed by atoms with Crippen molar-refractivity contribution in [3.63, 3.8) is 0 Å². The van der Waals surface area contributed by atoms with E-state index >= 15 is 0 Å². The summed E-state index contributed by atoms with van der Waals surface area (Å²) >= 11 is -2.27. The van der Waals surface area contributed by atoms with E-state index in [1.807, 2.05) is 0 Å². The maximum Gasteiger partial charge on any atom is 0.0862 e. The molecule has 6 nitrogen and oxygen atoms in total. The van der Waals surface area contributed by atoms with E-state index in [-0.39, 0.29) is 6.10 Å². The summed E-state index contributed by atoms with van der Waals surface area (Å²) < 4.78 is 30.7. The summed E-state index contributed by atoms with van der Waals surface area (Å²) in [5, 5.41) is 3.97. The number of nitrogens with zero attached hydrogens (tertiary/aromatic N) is 3. The van der Waals surface area contributed by atoms with Crippen molar-refractivity contribution in [2.45, 2.75) is 25.4 Å². The fraction of sp³-hybridized carbons (Fsp3) is 0.700. The summed E-state index contributed by atoms with van der Waals surface area (Å²) in [6.45, 7) is 1.23. The second-order valence-electron chi connectivity index (χ2n) is 4.12. The monoisotopic (exact) mass is 258 g/mol. The average molecular weight is 258 g/mol. The van der Waals surface area contributed by atoms with Crippen LogP contribution in [-0.4, -0.2) is 37.8 Å². The van der Waals surface area contributed by atoms with Crippen molar-refractivity contribution >= 4 is 17.0 Å². The highest BCUT2D eigenvalue weighted by molar-refractivity contribution is 7.80. The third-order valence-electron chi connectivity index (χ3n) is 2.84. The molecule has 1 aliphatic rings. The van der Waals surface area contributed by atoms with Gasteiger partial charge in [0.15, 0.2) is 0 Å². The summed E-state index contributed by atoms with van der Waals surface area (Å²) in [5.41, 5.74) is 0.596. The van der Waals surface area contributed by atoms with E-state index in [0.717, 1.165) is 25.9 Å². The molecule has 2 unspecified atom stereocenters. The third kappa shape index (κ3) is 3.27. The standard InChI is InChI=1S/C10H17N3O3S/c1-12-8-9(7-11-12)13(17(14)15)5-4-10-3-2-6-16-10/h7-8,10H,2-6H2,1H3,(H,14,15)/p-1. The van der Waals surface area contributed by atoms with E-state index in [4.69, 9.17) is 4.74 Å². The summed E-state index contributed by atoms with van der Waals surface area (Å²) in [7, 11) is 1.76. The summed E-state index contributed by atoms with van der Waals surface area (Å²) in [5.74, 6) is 0. The van der Waals surface area contributed by atoms with Crippen LogP contribution >= 0.6 is 0 Å². The number of aryl methyl sites for hydroxylation is 1. The lowest BCUT2D eigenvalue weighted by Gasteiger charge is -2.25. The normalized spacial score (nSPS) is 21.6. The second-order valence-corrected chi connectivity index (χ2v) is 4.99. The first-order valence-electron chi connectivity index (χ1n) is 5.64. The van der Waals surface area contributed by atoms with Crippen molar-refractivity contribution in [3.8, 4) is 0 Å². The molecule has 1 fully saturated rings. The summed E-state index contributed by atoms with van der Waals surface area (Å²) in [6, 6.07) is 0. The Morgan fingerprint density at radius 2 is 2.59 bits per heavy atom. The molecule has 0 bridgehead atoms. The molecule has 0 aromatic carbocycles. The highest BCUT2D eigenvalue weighted by Gasteiger charge is 2.18. The molecule has 0 radical (unpaired) electrons. The molecule has 1 saturated heterocycles. The summed E-state index contributed by atoms with van der Waals surface area (Å²) in [4.78, 5) is 0. The molecule has 0 N–H and O–H groups in total. The third-order valence-corrected chi connectivity index (χ3v) is 3.59. The topological polar surface area (TPSA) is 70.4 Å². The van der Waals surface area contributed by atoms with Gasteiger partial charge >= 0.3 is 0 Å². The minimum Gasteiger partial charge on any atom is -0.755 e. The molecule has 1 aliphatic heterocycles. The minimum absolute atomic E-state index is 0.192. The Labute approximate surface area is 103 Å². The van der Waals surface area contributed by atoms with E-state index in [2.05, 4.69) is 5.10 Å². The lowest BCUT2D eigenvalue weighted by molar-refractivity contribution is 0.106. The first kappa shape index (κ1) is 12.5. The molecule has 2 rings (SSSR count). The van der Waals surface area contributed by atoms with E-state index < -0.39 is 11.3 Å². The molecule has 0 amide bonds. The molecule has 2 atom stereocenters. The van der Waals surface area contributed by atoms with Crippen molar-refractivity contribution in [2.24, 2.45) is 7.05 Å². The molecule has 0 aliphatic carbocycles. The zero-order chi connectivity index (χ0) is 12.3. The van der Waals surface area contributed by atoms with E-state index in [1.165, 1.54) is 4.31 Å². The Bertz CT molecular complexity index is 390. The molecular formula is C10H16N3O3S-. The maximum atomic E-state index is 11.2. The van der Waals surface area contributed by atoms with E-state index in [9.17, 15) is 8.76 Å². The molecule has 96 valence electrons. The van der Waals surface area contributed by atoms with E-state index in [1.54, 1.807) is 24.1 Å². The summed E-state index contributed by atoms with van der Waals surface area (Å²) in [6.07, 6.45) is 6.24. The van der Waals surface area contributed by atoms with Gasteiger partial charge < -0.3 is 9.29 Å². The molecule has 1 aromatic heterocycles. The first-order valence-corrected chi connectivity index (χ1v) is 6.67. The van der Waals surface area contributed by atoms with Crippen molar-refractivity contribution in [1.82, 2.24) is 9.78 Å². The van der Waals surface area contributed by atoms with Crippen molar-refractivity contribution in [1.29, 1.82) is 0 Å². The van der Waals surface area contributed by atoms with Crippen molar-refractivity contribution < 1.29 is 13.5 Å². The van der Waals surface area contributed by atoms with Crippen LogP contribution in [0.4, 0.5) is 5.69 Å². The van der Waals surface area contributed by atoms with Gasteiger partial charge in [-0.25, -0.2) is 0 Å².